The van der Waals surface area contributed by atoms with Gasteiger partial charge in [-0.25, -0.2) is 0 Å². The van der Waals surface area contributed by atoms with Gasteiger partial charge in [0, 0.05) is 12.8 Å². The van der Waals surface area contributed by atoms with E-state index in [9.17, 15) is 14.2 Å². The third-order valence-corrected chi connectivity index (χ3v) is 9.91. The minimum atomic E-state index is -2.75. The Morgan fingerprint density at radius 3 is 1.27 bits per heavy atom. The average molecular weight is 719 g/mol. The van der Waals surface area contributed by atoms with E-state index in [4.69, 9.17) is 18.5 Å². The third-order valence-electron chi connectivity index (χ3n) is 9.07. The van der Waals surface area contributed by atoms with Crippen LogP contribution in [0.25, 0.3) is 0 Å². The van der Waals surface area contributed by atoms with Gasteiger partial charge in [0.2, 0.25) is 0 Å². The summed E-state index contributed by atoms with van der Waals surface area (Å²) >= 11 is 0. The van der Waals surface area contributed by atoms with Gasteiger partial charge in [0.1, 0.15) is 19.8 Å². The number of carbonyl (C=O) groups is 2. The highest BCUT2D eigenvalue weighted by Crippen LogP contribution is 2.24. The van der Waals surface area contributed by atoms with E-state index >= 15 is 0 Å². The molecule has 0 bridgehead atoms. The Bertz CT molecular complexity index is 774. The van der Waals surface area contributed by atoms with E-state index in [-0.39, 0.29) is 25.2 Å². The molecule has 0 saturated heterocycles. The van der Waals surface area contributed by atoms with Crippen molar-refractivity contribution in [2.75, 3.05) is 47.5 Å². The highest BCUT2D eigenvalue weighted by atomic mass is 31.1. The van der Waals surface area contributed by atoms with Crippen LogP contribution in [-0.4, -0.2) is 70.0 Å². The predicted octanol–water partition coefficient (Wildman–Crippen LogP) is 11.5. The number of quaternary nitrogens is 1. The monoisotopic (exact) mass is 719 g/mol. The number of ether oxygens (including phenoxy) is 2. The molecule has 0 amide bonds. The molecule has 2 unspecified atom stereocenters. The standard InChI is InChI=1S/C40H81NO7P/c1-6-8-10-12-14-16-18-20-22-24-26-28-30-32-39(42)45-36-38(37-47-49(44)46-35-34-41(3,4)5)48-40(43)33-31-29-27-25-23-21-19-17-15-13-11-9-7-2/h38,49H,6-37H2,1-5H3/q+1. The Balaban J connectivity index is 4.25. The Labute approximate surface area is 304 Å². The van der Waals surface area contributed by atoms with Crippen molar-refractivity contribution >= 4 is 20.2 Å². The molecule has 0 aromatic carbocycles. The molecule has 0 aliphatic carbocycles. The molecule has 0 spiro atoms. The van der Waals surface area contributed by atoms with E-state index in [1.165, 1.54) is 128 Å². The quantitative estimate of drug-likeness (QED) is 0.0272. The molecule has 49 heavy (non-hydrogen) atoms. The summed E-state index contributed by atoms with van der Waals surface area (Å²) in [6.07, 6.45) is 32.3. The van der Waals surface area contributed by atoms with E-state index < -0.39 is 14.4 Å². The van der Waals surface area contributed by atoms with Gasteiger partial charge in [-0.15, -0.1) is 0 Å². The lowest BCUT2D eigenvalue weighted by atomic mass is 10.0. The fourth-order valence-corrected chi connectivity index (χ4v) is 6.46. The van der Waals surface area contributed by atoms with Gasteiger partial charge in [0.25, 0.3) is 0 Å². The molecule has 0 N–H and O–H groups in total. The number of hydrogen-bond acceptors (Lipinski definition) is 7. The number of carbonyl (C=O) groups excluding carboxylic acids is 2. The van der Waals surface area contributed by atoms with E-state index in [1.807, 2.05) is 21.1 Å². The molecular formula is C40H81NO7P+. The van der Waals surface area contributed by atoms with Gasteiger partial charge in [-0.3, -0.25) is 14.2 Å². The van der Waals surface area contributed by atoms with Crippen molar-refractivity contribution in [3.05, 3.63) is 0 Å². The molecule has 0 aromatic rings. The summed E-state index contributed by atoms with van der Waals surface area (Å²) in [4.78, 5) is 25.0. The second kappa shape index (κ2) is 35.5. The normalized spacial score (nSPS) is 13.0. The van der Waals surface area contributed by atoms with Gasteiger partial charge >= 0.3 is 20.2 Å². The molecule has 0 heterocycles. The zero-order chi connectivity index (χ0) is 36.3. The maximum Gasteiger partial charge on any atom is 0.319 e. The van der Waals surface area contributed by atoms with Crippen LogP contribution < -0.4 is 0 Å². The summed E-state index contributed by atoms with van der Waals surface area (Å²) in [6.45, 7) is 5.28. The summed E-state index contributed by atoms with van der Waals surface area (Å²) in [5.41, 5.74) is 0. The van der Waals surface area contributed by atoms with Gasteiger partial charge in [0.15, 0.2) is 6.10 Å². The number of rotatable bonds is 38. The molecule has 0 rings (SSSR count). The smallest absolute Gasteiger partial charge is 0.319 e. The lowest BCUT2D eigenvalue weighted by Crippen LogP contribution is -2.37. The molecule has 0 aliphatic heterocycles. The lowest BCUT2D eigenvalue weighted by Gasteiger charge is -2.23. The van der Waals surface area contributed by atoms with Crippen LogP contribution in [0.1, 0.15) is 194 Å². The van der Waals surface area contributed by atoms with Gasteiger partial charge in [0.05, 0.1) is 27.7 Å². The minimum absolute atomic E-state index is 0.102. The molecule has 2 atom stereocenters. The molecule has 9 heteroatoms. The number of nitrogens with zero attached hydrogens (tertiary/aromatic N) is 1. The fraction of sp³-hybridized carbons (Fsp3) is 0.950. The van der Waals surface area contributed by atoms with Crippen LogP contribution in [0.3, 0.4) is 0 Å². The first-order chi connectivity index (χ1) is 23.7. The van der Waals surface area contributed by atoms with Gasteiger partial charge in [-0.2, -0.15) is 0 Å². The molecule has 0 aromatic heterocycles. The summed E-state index contributed by atoms with van der Waals surface area (Å²) in [5.74, 6) is -0.637. The topological polar surface area (TPSA) is 88.1 Å². The zero-order valence-electron chi connectivity index (χ0n) is 33.0. The highest BCUT2D eigenvalue weighted by Gasteiger charge is 2.19. The van der Waals surface area contributed by atoms with Crippen LogP contribution in [0.5, 0.6) is 0 Å². The molecule has 0 aliphatic rings. The van der Waals surface area contributed by atoms with E-state index in [1.54, 1.807) is 0 Å². The second-order valence-corrected chi connectivity index (χ2v) is 16.3. The van der Waals surface area contributed by atoms with Crippen LogP contribution in [0.4, 0.5) is 0 Å². The summed E-state index contributed by atoms with van der Waals surface area (Å²) in [6, 6.07) is 0. The van der Waals surface area contributed by atoms with Gasteiger partial charge < -0.3 is 23.0 Å². The molecule has 0 saturated carbocycles. The molecule has 0 fully saturated rings. The van der Waals surface area contributed by atoms with Gasteiger partial charge in [-0.05, 0) is 12.8 Å². The highest BCUT2D eigenvalue weighted by molar-refractivity contribution is 7.33. The van der Waals surface area contributed by atoms with Crippen LogP contribution >= 0.6 is 8.25 Å². The zero-order valence-corrected chi connectivity index (χ0v) is 34.0. The number of likely N-dealkylation sites (N-methyl/N-ethyl adjacent to an activating group) is 1. The van der Waals surface area contributed by atoms with E-state index in [0.29, 0.717) is 30.5 Å². The first kappa shape index (κ1) is 48.0. The third kappa shape index (κ3) is 38.1. The minimum Gasteiger partial charge on any atom is -0.462 e. The van der Waals surface area contributed by atoms with E-state index in [2.05, 4.69) is 13.8 Å². The summed E-state index contributed by atoms with van der Waals surface area (Å²) in [5, 5.41) is 0. The van der Waals surface area contributed by atoms with Crippen molar-refractivity contribution in [3.63, 3.8) is 0 Å². The van der Waals surface area contributed by atoms with Crippen molar-refractivity contribution in [2.45, 2.75) is 200 Å². The fourth-order valence-electron chi connectivity index (χ4n) is 5.80. The molecule has 292 valence electrons. The van der Waals surface area contributed by atoms with Crippen molar-refractivity contribution < 1.29 is 37.2 Å². The van der Waals surface area contributed by atoms with Crippen LogP contribution in [-0.2, 0) is 32.7 Å². The first-order valence-electron chi connectivity index (χ1n) is 20.6. The Hall–Kier alpha value is -0.950. The Morgan fingerprint density at radius 2 is 0.878 bits per heavy atom. The number of hydrogen-bond donors (Lipinski definition) is 0. The number of esters is 2. The van der Waals surface area contributed by atoms with Crippen LogP contribution in [0.15, 0.2) is 0 Å². The molecular weight excluding hydrogens is 637 g/mol. The molecule has 0 radical (unpaired) electrons. The maximum absolute atomic E-state index is 12.6. The van der Waals surface area contributed by atoms with Crippen molar-refractivity contribution in [1.82, 2.24) is 0 Å². The van der Waals surface area contributed by atoms with Crippen molar-refractivity contribution in [2.24, 2.45) is 0 Å². The second-order valence-electron chi connectivity index (χ2n) is 15.2. The van der Waals surface area contributed by atoms with Crippen molar-refractivity contribution in [3.8, 4) is 0 Å². The van der Waals surface area contributed by atoms with Crippen LogP contribution in [0, 0.1) is 0 Å². The number of unbranched alkanes of at least 4 members (excludes halogenated alkanes) is 24. The first-order valence-corrected chi connectivity index (χ1v) is 21.9. The molecule has 8 nitrogen and oxygen atoms in total. The SMILES string of the molecule is CCCCCCCCCCCCCCCC(=O)OCC(CO[PH](=O)OCC[N+](C)(C)C)OC(=O)CCCCCCCCCCCCCCC. The maximum atomic E-state index is 12.6. The van der Waals surface area contributed by atoms with Crippen LogP contribution in [0.2, 0.25) is 0 Å². The van der Waals surface area contributed by atoms with Gasteiger partial charge in [-0.1, -0.05) is 168 Å². The van der Waals surface area contributed by atoms with E-state index in [0.717, 1.165) is 38.5 Å². The average Bonchev–Trinajstić information content (AvgIpc) is 3.06. The largest absolute Gasteiger partial charge is 0.462 e. The van der Waals surface area contributed by atoms with Crippen molar-refractivity contribution in [1.29, 1.82) is 0 Å². The Kier molecular flexibility index (Phi) is 34.8. The predicted molar refractivity (Wildman–Crippen MR) is 205 cm³/mol. The lowest BCUT2D eigenvalue weighted by molar-refractivity contribution is -0.870. The summed E-state index contributed by atoms with van der Waals surface area (Å²) in [7, 11) is 3.34. The Morgan fingerprint density at radius 1 is 0.510 bits per heavy atom. The summed E-state index contributed by atoms with van der Waals surface area (Å²) < 4.78 is 34.8.